The highest BCUT2D eigenvalue weighted by Gasteiger charge is 2.24. The number of rotatable bonds is 6. The predicted molar refractivity (Wildman–Crippen MR) is 87.7 cm³/mol. The highest BCUT2D eigenvalue weighted by molar-refractivity contribution is 7.99. The van der Waals surface area contributed by atoms with Crippen LogP contribution in [0.25, 0.3) is 0 Å². The van der Waals surface area contributed by atoms with E-state index in [0.717, 1.165) is 63.4 Å². The van der Waals surface area contributed by atoms with Crippen molar-refractivity contribution < 1.29 is 9.47 Å². The van der Waals surface area contributed by atoms with Crippen molar-refractivity contribution in [2.75, 3.05) is 43.6 Å². The Labute approximate surface area is 139 Å². The number of nitrogens with zero attached hydrogens (tertiary/aromatic N) is 4. The fraction of sp³-hybridized carbons (Fsp3) is 0.714. The molecule has 0 aromatic carbocycles. The van der Waals surface area contributed by atoms with E-state index in [1.54, 1.807) is 11.8 Å². The lowest BCUT2D eigenvalue weighted by Gasteiger charge is -2.28. The maximum absolute atomic E-state index is 5.88. The lowest BCUT2D eigenvalue weighted by Crippen LogP contribution is -2.38. The van der Waals surface area contributed by atoms with Crippen LogP contribution in [0, 0.1) is 0 Å². The summed E-state index contributed by atoms with van der Waals surface area (Å²) in [6.07, 6.45) is 2.46. The Kier molecular flexibility index (Phi) is 5.62. The largest absolute Gasteiger partial charge is 0.378 e. The second kappa shape index (κ2) is 7.68. The van der Waals surface area contributed by atoms with Crippen LogP contribution >= 0.6 is 23.4 Å². The van der Waals surface area contributed by atoms with Crippen molar-refractivity contribution in [3.63, 3.8) is 0 Å². The van der Waals surface area contributed by atoms with Crippen LogP contribution in [0.3, 0.4) is 0 Å². The number of halogens is 1. The molecule has 3 rings (SSSR count). The molecule has 0 bridgehead atoms. The highest BCUT2D eigenvalue weighted by atomic mass is 35.5. The fourth-order valence-corrected chi connectivity index (χ4v) is 3.54. The van der Waals surface area contributed by atoms with E-state index < -0.39 is 0 Å². The van der Waals surface area contributed by atoms with Gasteiger partial charge in [-0.15, -0.1) is 10.2 Å². The van der Waals surface area contributed by atoms with Crippen molar-refractivity contribution >= 4 is 29.3 Å². The summed E-state index contributed by atoms with van der Waals surface area (Å²) in [7, 11) is 0. The van der Waals surface area contributed by atoms with Gasteiger partial charge in [-0.05, 0) is 12.8 Å². The molecule has 0 spiro atoms. The topological polar surface area (TPSA) is 52.4 Å². The van der Waals surface area contributed by atoms with E-state index in [0.29, 0.717) is 10.8 Å². The molecule has 0 radical (unpaired) electrons. The maximum Gasteiger partial charge on any atom is 0.228 e. The predicted octanol–water partition coefficient (Wildman–Crippen LogP) is 2.14. The summed E-state index contributed by atoms with van der Waals surface area (Å²) in [5, 5.41) is 10.2. The molecule has 6 nitrogen and oxygen atoms in total. The summed E-state index contributed by atoms with van der Waals surface area (Å²) >= 11 is 7.45. The van der Waals surface area contributed by atoms with E-state index in [9.17, 15) is 0 Å². The summed E-state index contributed by atoms with van der Waals surface area (Å²) in [6, 6.07) is 0. The van der Waals surface area contributed by atoms with E-state index in [-0.39, 0.29) is 6.10 Å². The summed E-state index contributed by atoms with van der Waals surface area (Å²) in [5.41, 5.74) is 0. The van der Waals surface area contributed by atoms with Gasteiger partial charge in [-0.25, -0.2) is 0 Å². The molecule has 2 aliphatic rings. The first-order chi connectivity index (χ1) is 10.7. The molecule has 2 aliphatic heterocycles. The van der Waals surface area contributed by atoms with Crippen molar-refractivity contribution in [1.29, 1.82) is 0 Å². The van der Waals surface area contributed by atoms with Gasteiger partial charge in [0, 0.05) is 30.5 Å². The Morgan fingerprint density at radius 2 is 2.14 bits per heavy atom. The van der Waals surface area contributed by atoms with Crippen molar-refractivity contribution in [2.24, 2.45) is 0 Å². The zero-order valence-corrected chi connectivity index (χ0v) is 14.1. The Morgan fingerprint density at radius 1 is 1.32 bits per heavy atom. The quantitative estimate of drug-likeness (QED) is 0.737. The molecule has 1 aromatic heterocycles. The van der Waals surface area contributed by atoms with Crippen LogP contribution in [0.1, 0.15) is 12.8 Å². The standard InChI is InChI=1S/C14H21ClN4O2S/c1-11(15)10-22-14-17-16-13(18-4-7-20-8-5-18)19(14)9-12-3-2-6-21-12/h12H,1-10H2. The summed E-state index contributed by atoms with van der Waals surface area (Å²) in [4.78, 5) is 2.23. The van der Waals surface area contributed by atoms with Crippen LogP contribution in [0.2, 0.25) is 0 Å². The molecule has 122 valence electrons. The highest BCUT2D eigenvalue weighted by Crippen LogP contribution is 2.27. The van der Waals surface area contributed by atoms with Crippen molar-refractivity contribution in [3.05, 3.63) is 11.6 Å². The average molecular weight is 345 g/mol. The first-order valence-electron chi connectivity index (χ1n) is 7.57. The number of anilines is 1. The second-order valence-electron chi connectivity index (χ2n) is 5.43. The van der Waals surface area contributed by atoms with E-state index in [4.69, 9.17) is 21.1 Å². The van der Waals surface area contributed by atoms with Gasteiger partial charge in [0.25, 0.3) is 0 Å². The van der Waals surface area contributed by atoms with Gasteiger partial charge < -0.3 is 14.4 Å². The lowest BCUT2D eigenvalue weighted by atomic mass is 10.2. The summed E-state index contributed by atoms with van der Waals surface area (Å²) in [6.45, 7) is 8.52. The molecule has 1 atom stereocenters. The minimum atomic E-state index is 0.245. The Bertz CT molecular complexity index is 513. The van der Waals surface area contributed by atoms with Gasteiger partial charge in [0.1, 0.15) is 0 Å². The number of hydrogen-bond acceptors (Lipinski definition) is 6. The van der Waals surface area contributed by atoms with Crippen LogP contribution in [-0.4, -0.2) is 59.5 Å². The molecule has 22 heavy (non-hydrogen) atoms. The summed E-state index contributed by atoms with van der Waals surface area (Å²) < 4.78 is 13.4. The molecule has 1 unspecified atom stereocenters. The zero-order valence-electron chi connectivity index (χ0n) is 12.5. The third-order valence-electron chi connectivity index (χ3n) is 3.76. The molecule has 0 amide bonds. The van der Waals surface area contributed by atoms with Crippen LogP contribution in [0.15, 0.2) is 16.8 Å². The molecule has 2 fully saturated rings. The molecular formula is C14H21ClN4O2S. The smallest absolute Gasteiger partial charge is 0.228 e. The second-order valence-corrected chi connectivity index (χ2v) is 6.91. The third kappa shape index (κ3) is 3.95. The maximum atomic E-state index is 5.88. The van der Waals surface area contributed by atoms with E-state index >= 15 is 0 Å². The van der Waals surface area contributed by atoms with Gasteiger partial charge in [0.05, 0.1) is 25.9 Å². The number of morpholine rings is 1. The van der Waals surface area contributed by atoms with Gasteiger partial charge in [-0.1, -0.05) is 29.9 Å². The van der Waals surface area contributed by atoms with E-state index in [2.05, 4.69) is 26.2 Å². The van der Waals surface area contributed by atoms with Gasteiger partial charge in [0.15, 0.2) is 5.16 Å². The first-order valence-corrected chi connectivity index (χ1v) is 8.94. The molecular weight excluding hydrogens is 324 g/mol. The van der Waals surface area contributed by atoms with Crippen LogP contribution in [-0.2, 0) is 16.0 Å². The van der Waals surface area contributed by atoms with Gasteiger partial charge in [-0.2, -0.15) is 0 Å². The van der Waals surface area contributed by atoms with Crippen LogP contribution < -0.4 is 4.90 Å². The molecule has 2 saturated heterocycles. The minimum Gasteiger partial charge on any atom is -0.378 e. The lowest BCUT2D eigenvalue weighted by molar-refractivity contribution is 0.0942. The fourth-order valence-electron chi connectivity index (χ4n) is 2.68. The van der Waals surface area contributed by atoms with Crippen LogP contribution in [0.5, 0.6) is 0 Å². The Balaban J connectivity index is 1.78. The normalized spacial score (nSPS) is 22.2. The van der Waals surface area contributed by atoms with Crippen molar-refractivity contribution in [2.45, 2.75) is 30.6 Å². The van der Waals surface area contributed by atoms with Gasteiger partial charge in [0.2, 0.25) is 5.95 Å². The van der Waals surface area contributed by atoms with Crippen molar-refractivity contribution in [3.8, 4) is 0 Å². The number of aromatic nitrogens is 3. The van der Waals surface area contributed by atoms with Crippen LogP contribution in [0.4, 0.5) is 5.95 Å². The minimum absolute atomic E-state index is 0.245. The summed E-state index contributed by atoms with van der Waals surface area (Å²) in [5.74, 6) is 1.54. The Hall–Kier alpha value is -0.760. The Morgan fingerprint density at radius 3 is 2.82 bits per heavy atom. The molecule has 0 saturated carbocycles. The number of ether oxygens (including phenoxy) is 2. The zero-order chi connectivity index (χ0) is 15.4. The first kappa shape index (κ1) is 16.1. The number of hydrogen-bond donors (Lipinski definition) is 0. The monoisotopic (exact) mass is 344 g/mol. The molecule has 0 aliphatic carbocycles. The SMILES string of the molecule is C=C(Cl)CSc1nnc(N2CCOCC2)n1CC1CCCO1. The van der Waals surface area contributed by atoms with Crippen molar-refractivity contribution in [1.82, 2.24) is 14.8 Å². The molecule has 3 heterocycles. The molecule has 1 aromatic rings. The van der Waals surface area contributed by atoms with E-state index in [1.165, 1.54) is 0 Å². The average Bonchev–Trinajstić information content (AvgIpc) is 3.16. The third-order valence-corrected chi connectivity index (χ3v) is 5.10. The molecule has 8 heteroatoms. The molecule has 0 N–H and O–H groups in total. The van der Waals surface area contributed by atoms with Gasteiger partial charge in [-0.3, -0.25) is 4.57 Å². The van der Waals surface area contributed by atoms with Gasteiger partial charge >= 0.3 is 0 Å². The number of thioether (sulfide) groups is 1. The van der Waals surface area contributed by atoms with E-state index in [1.807, 2.05) is 0 Å².